The molecule has 2 aromatic carbocycles. The van der Waals surface area contributed by atoms with Crippen LogP contribution in [-0.2, 0) is 20.7 Å². The van der Waals surface area contributed by atoms with E-state index in [1.165, 1.54) is 4.57 Å². The fourth-order valence-corrected chi connectivity index (χ4v) is 5.20. The zero-order valence-corrected chi connectivity index (χ0v) is 19.4. The van der Waals surface area contributed by atoms with Crippen LogP contribution in [0.5, 0.6) is 5.75 Å². The van der Waals surface area contributed by atoms with Gasteiger partial charge in [0.05, 0.1) is 12.0 Å². The zero-order chi connectivity index (χ0) is 24.4. The van der Waals surface area contributed by atoms with Crippen LogP contribution in [0.25, 0.3) is 11.1 Å². The number of phenols is 1. The van der Waals surface area contributed by atoms with Crippen LogP contribution in [0.3, 0.4) is 0 Å². The van der Waals surface area contributed by atoms with Gasteiger partial charge in [-0.15, -0.1) is 0 Å². The summed E-state index contributed by atoms with van der Waals surface area (Å²) in [5.41, 5.74) is 1.76. The molecular weight excluding hydrogens is 444 g/mol. The van der Waals surface area contributed by atoms with Crippen LogP contribution < -0.4 is 5.32 Å². The van der Waals surface area contributed by atoms with Gasteiger partial charge in [0, 0.05) is 18.8 Å². The molecule has 5 rings (SSSR count). The Morgan fingerprint density at radius 3 is 2.63 bits per heavy atom. The minimum Gasteiger partial charge on any atom is -0.508 e. The average Bonchev–Trinajstić information content (AvgIpc) is 3.58. The predicted octanol–water partition coefficient (Wildman–Crippen LogP) is 3.76. The molecular formula is C28H28N2O5. The summed E-state index contributed by atoms with van der Waals surface area (Å²) < 4.78 is 7.15. The maximum atomic E-state index is 13.5. The van der Waals surface area contributed by atoms with E-state index in [2.05, 4.69) is 5.32 Å². The van der Waals surface area contributed by atoms with E-state index in [4.69, 9.17) is 4.74 Å². The largest absolute Gasteiger partial charge is 0.508 e. The van der Waals surface area contributed by atoms with Gasteiger partial charge in [-0.2, -0.15) is 0 Å². The lowest BCUT2D eigenvalue weighted by atomic mass is 9.89. The minimum absolute atomic E-state index is 0.0120. The first kappa shape index (κ1) is 23.1. The smallest absolute Gasteiger partial charge is 0.231 e. The van der Waals surface area contributed by atoms with Gasteiger partial charge in [0.1, 0.15) is 17.9 Å². The van der Waals surface area contributed by atoms with Crippen molar-refractivity contribution in [1.82, 2.24) is 9.88 Å². The van der Waals surface area contributed by atoms with Gasteiger partial charge in [0.2, 0.25) is 11.8 Å². The van der Waals surface area contributed by atoms with Gasteiger partial charge in [0.15, 0.2) is 5.78 Å². The molecule has 180 valence electrons. The summed E-state index contributed by atoms with van der Waals surface area (Å²) in [6.45, 7) is 0.0120. The molecule has 1 aliphatic heterocycles. The summed E-state index contributed by atoms with van der Waals surface area (Å²) in [6, 6.07) is 18.2. The molecule has 35 heavy (non-hydrogen) atoms. The molecule has 1 saturated heterocycles. The van der Waals surface area contributed by atoms with Crippen LogP contribution in [0.4, 0.5) is 0 Å². The quantitative estimate of drug-likeness (QED) is 0.546. The Hall–Kier alpha value is -3.71. The highest BCUT2D eigenvalue weighted by atomic mass is 16.5. The Labute approximate surface area is 203 Å². The van der Waals surface area contributed by atoms with E-state index in [0.717, 1.165) is 29.5 Å². The fourth-order valence-electron chi connectivity index (χ4n) is 5.20. The summed E-state index contributed by atoms with van der Waals surface area (Å²) >= 11 is 0. The molecule has 0 bridgehead atoms. The molecule has 1 amide bonds. The van der Waals surface area contributed by atoms with Crippen molar-refractivity contribution in [3.63, 3.8) is 0 Å². The Balaban J connectivity index is 1.36. The van der Waals surface area contributed by atoms with E-state index in [1.807, 2.05) is 36.4 Å². The van der Waals surface area contributed by atoms with E-state index >= 15 is 0 Å². The highest BCUT2D eigenvalue weighted by molar-refractivity contribution is 5.97. The molecule has 1 saturated carbocycles. The summed E-state index contributed by atoms with van der Waals surface area (Å²) in [5, 5.41) is 12.6. The fraction of sp³-hybridized carbons (Fsp3) is 0.321. The van der Waals surface area contributed by atoms with Gasteiger partial charge in [-0.3, -0.25) is 19.0 Å². The number of ketones is 1. The van der Waals surface area contributed by atoms with Crippen molar-refractivity contribution < 1.29 is 24.2 Å². The molecule has 2 aliphatic rings. The molecule has 0 radical (unpaired) electrons. The number of aromatic hydroxyl groups is 1. The molecule has 2 heterocycles. The number of ether oxygens (including phenoxy) is 1. The van der Waals surface area contributed by atoms with Crippen LogP contribution in [0.1, 0.15) is 36.0 Å². The predicted molar refractivity (Wildman–Crippen MR) is 130 cm³/mol. The number of nitrogens with one attached hydrogen (secondary N) is 1. The van der Waals surface area contributed by atoms with Crippen LogP contribution in [-0.4, -0.2) is 45.5 Å². The van der Waals surface area contributed by atoms with Gasteiger partial charge in [-0.1, -0.05) is 42.5 Å². The van der Waals surface area contributed by atoms with Crippen molar-refractivity contribution in [2.45, 2.75) is 43.7 Å². The molecule has 0 spiro atoms. The second kappa shape index (κ2) is 9.50. The molecule has 3 unspecified atom stereocenters. The van der Waals surface area contributed by atoms with E-state index in [-0.39, 0.29) is 42.5 Å². The molecule has 2 N–H and O–H groups in total. The number of hydrogen-bond acceptors (Lipinski definition) is 5. The van der Waals surface area contributed by atoms with E-state index < -0.39 is 11.5 Å². The van der Waals surface area contributed by atoms with Gasteiger partial charge >= 0.3 is 0 Å². The number of nitrogens with zero attached hydrogens (tertiary/aromatic N) is 1. The van der Waals surface area contributed by atoms with Crippen LogP contribution in [0.2, 0.25) is 0 Å². The number of carbonyl (C=O) groups excluding carboxylic acids is 3. The molecule has 7 heteroatoms. The number of hydrogen-bond donors (Lipinski definition) is 2. The van der Waals surface area contributed by atoms with E-state index in [9.17, 15) is 19.5 Å². The minimum atomic E-state index is -0.985. The SMILES string of the molecule is O=C(NC12CCCC1OCC2=O)C(CC(=O)n1ccc(-c2ccccc2)c1)Cc1ccc(O)cc1. The van der Waals surface area contributed by atoms with Crippen LogP contribution in [0.15, 0.2) is 73.1 Å². The third-order valence-electron chi connectivity index (χ3n) is 7.14. The van der Waals surface area contributed by atoms with Crippen molar-refractivity contribution in [3.05, 3.63) is 78.6 Å². The lowest BCUT2D eigenvalue weighted by Gasteiger charge is -2.29. The van der Waals surface area contributed by atoms with Crippen LogP contribution >= 0.6 is 0 Å². The Morgan fingerprint density at radius 1 is 1.09 bits per heavy atom. The third-order valence-corrected chi connectivity index (χ3v) is 7.14. The van der Waals surface area contributed by atoms with E-state index in [0.29, 0.717) is 12.8 Å². The van der Waals surface area contributed by atoms with Gasteiger partial charge in [0.25, 0.3) is 0 Å². The third kappa shape index (κ3) is 4.64. The first-order chi connectivity index (χ1) is 16.9. The number of fused-ring (bicyclic) bond motifs is 1. The first-order valence-electron chi connectivity index (χ1n) is 12.0. The molecule has 2 fully saturated rings. The summed E-state index contributed by atoms with van der Waals surface area (Å²) in [4.78, 5) is 39.4. The standard InChI is InChI=1S/C28H28N2O5/c31-23-10-8-19(9-11-23)15-22(27(34)29-28-13-4-7-25(28)35-18-24(28)32)16-26(33)30-14-12-21(17-30)20-5-2-1-3-6-20/h1-3,5-6,8-12,14,17,22,25,31H,4,7,13,15-16,18H2,(H,29,34). The molecule has 1 aliphatic carbocycles. The van der Waals surface area contributed by atoms with E-state index in [1.54, 1.807) is 36.7 Å². The number of phenolic OH excluding ortho intramolecular Hbond substituents is 1. The number of benzene rings is 2. The lowest BCUT2D eigenvalue weighted by Crippen LogP contribution is -2.57. The molecule has 3 atom stereocenters. The normalized spacial score (nSPS) is 22.1. The number of carbonyl (C=O) groups is 3. The maximum absolute atomic E-state index is 13.5. The van der Waals surface area contributed by atoms with Crippen molar-refractivity contribution >= 4 is 17.6 Å². The summed E-state index contributed by atoms with van der Waals surface area (Å²) in [5.74, 6) is -1.18. The Bertz CT molecular complexity index is 1230. The van der Waals surface area contributed by atoms with Gasteiger partial charge < -0.3 is 15.2 Å². The molecule has 1 aromatic heterocycles. The molecule has 3 aromatic rings. The van der Waals surface area contributed by atoms with Crippen molar-refractivity contribution in [2.75, 3.05) is 6.61 Å². The average molecular weight is 473 g/mol. The number of rotatable bonds is 7. The highest BCUT2D eigenvalue weighted by Gasteiger charge is 2.55. The number of amides is 1. The van der Waals surface area contributed by atoms with Crippen molar-refractivity contribution in [3.8, 4) is 16.9 Å². The molecule has 7 nitrogen and oxygen atoms in total. The number of Topliss-reactive ketones (excluding diaryl/α,β-unsaturated/α-hetero) is 1. The van der Waals surface area contributed by atoms with Crippen molar-refractivity contribution in [1.29, 1.82) is 0 Å². The van der Waals surface area contributed by atoms with Crippen LogP contribution in [0, 0.1) is 5.92 Å². The second-order valence-electron chi connectivity index (χ2n) is 9.41. The first-order valence-corrected chi connectivity index (χ1v) is 12.0. The summed E-state index contributed by atoms with van der Waals surface area (Å²) in [7, 11) is 0. The lowest BCUT2D eigenvalue weighted by molar-refractivity contribution is -0.132. The Morgan fingerprint density at radius 2 is 1.86 bits per heavy atom. The van der Waals surface area contributed by atoms with Crippen molar-refractivity contribution in [2.24, 2.45) is 5.92 Å². The number of aromatic nitrogens is 1. The topological polar surface area (TPSA) is 97.6 Å². The zero-order valence-electron chi connectivity index (χ0n) is 19.4. The van der Waals surface area contributed by atoms with Gasteiger partial charge in [-0.05, 0) is 60.6 Å². The monoisotopic (exact) mass is 472 g/mol. The Kier molecular flexibility index (Phi) is 6.26. The maximum Gasteiger partial charge on any atom is 0.231 e. The summed E-state index contributed by atoms with van der Waals surface area (Å²) in [6.07, 6.45) is 5.56. The second-order valence-corrected chi connectivity index (χ2v) is 9.41. The van der Waals surface area contributed by atoms with Gasteiger partial charge in [-0.25, -0.2) is 0 Å². The highest BCUT2D eigenvalue weighted by Crippen LogP contribution is 2.38.